The van der Waals surface area contributed by atoms with Gasteiger partial charge in [-0.2, -0.15) is 0 Å². The lowest BCUT2D eigenvalue weighted by molar-refractivity contribution is -0.130. The number of aromatic nitrogens is 2. The summed E-state index contributed by atoms with van der Waals surface area (Å²) in [7, 11) is 0. The van der Waals surface area contributed by atoms with Gasteiger partial charge >= 0.3 is 0 Å². The van der Waals surface area contributed by atoms with Gasteiger partial charge in [-0.25, -0.2) is 4.98 Å². The molecular weight excluding hydrogens is 270 g/mol. The maximum Gasteiger partial charge on any atom is 0.261 e. The third kappa shape index (κ3) is 2.80. The Morgan fingerprint density at radius 1 is 1.38 bits per heavy atom. The molecule has 1 aromatic carbocycles. The van der Waals surface area contributed by atoms with Crippen LogP contribution < -0.4 is 5.56 Å². The normalized spacial score (nSPS) is 18.3. The van der Waals surface area contributed by atoms with Crippen molar-refractivity contribution in [3.8, 4) is 0 Å². The number of benzene rings is 1. The topological polar surface area (TPSA) is 75.4 Å². The van der Waals surface area contributed by atoms with Crippen molar-refractivity contribution in [3.63, 3.8) is 0 Å². The number of nitrogens with zero attached hydrogens (tertiary/aromatic N) is 3. The highest BCUT2D eigenvalue weighted by Crippen LogP contribution is 2.10. The molecule has 2 heterocycles. The van der Waals surface area contributed by atoms with Crippen LogP contribution in [-0.2, 0) is 11.3 Å². The number of aliphatic hydroxyl groups excluding tert-OH is 1. The van der Waals surface area contributed by atoms with E-state index in [1.165, 1.54) is 10.9 Å². The van der Waals surface area contributed by atoms with Crippen molar-refractivity contribution in [2.24, 2.45) is 0 Å². The Morgan fingerprint density at radius 3 is 2.95 bits per heavy atom. The number of rotatable bonds is 3. The Bertz CT molecular complexity index is 725. The smallest absolute Gasteiger partial charge is 0.261 e. The van der Waals surface area contributed by atoms with Gasteiger partial charge in [0.2, 0.25) is 5.91 Å². The van der Waals surface area contributed by atoms with Crippen LogP contribution in [0.5, 0.6) is 0 Å². The molecule has 3 rings (SSSR count). The van der Waals surface area contributed by atoms with Crippen LogP contribution in [0.2, 0.25) is 0 Å². The van der Waals surface area contributed by atoms with Crippen LogP contribution in [0.3, 0.4) is 0 Å². The summed E-state index contributed by atoms with van der Waals surface area (Å²) in [5, 5.41) is 10.00. The first-order chi connectivity index (χ1) is 10.1. The number of fused-ring (bicyclic) bond motifs is 1. The number of aliphatic hydroxyl groups is 1. The second kappa shape index (κ2) is 5.65. The molecule has 1 amide bonds. The van der Waals surface area contributed by atoms with Gasteiger partial charge in [0.1, 0.15) is 0 Å². The lowest BCUT2D eigenvalue weighted by Crippen LogP contribution is -2.31. The van der Waals surface area contributed by atoms with Gasteiger partial charge in [-0.3, -0.25) is 14.2 Å². The van der Waals surface area contributed by atoms with Crippen molar-refractivity contribution in [3.05, 3.63) is 40.9 Å². The summed E-state index contributed by atoms with van der Waals surface area (Å²) in [6.07, 6.45) is 1.94. The number of likely N-dealkylation sites (tertiary alicyclic amines) is 1. The Balaban J connectivity index is 1.72. The Labute approximate surface area is 121 Å². The summed E-state index contributed by atoms with van der Waals surface area (Å²) in [6.45, 7) is 1.29. The zero-order valence-electron chi connectivity index (χ0n) is 11.6. The molecule has 1 aliphatic rings. The second-order valence-corrected chi connectivity index (χ2v) is 5.29. The molecule has 0 saturated carbocycles. The molecule has 6 heteroatoms. The lowest BCUT2D eigenvalue weighted by Gasteiger charge is -2.15. The molecule has 0 aliphatic carbocycles. The van der Waals surface area contributed by atoms with E-state index in [2.05, 4.69) is 4.98 Å². The molecule has 1 fully saturated rings. The van der Waals surface area contributed by atoms with E-state index in [0.29, 0.717) is 37.0 Å². The maximum atomic E-state index is 12.3. The van der Waals surface area contributed by atoms with Gasteiger partial charge < -0.3 is 10.0 Å². The average molecular weight is 287 g/mol. The molecule has 21 heavy (non-hydrogen) atoms. The van der Waals surface area contributed by atoms with Crippen LogP contribution in [0.15, 0.2) is 35.4 Å². The van der Waals surface area contributed by atoms with Gasteiger partial charge in [-0.05, 0) is 18.6 Å². The molecule has 0 radical (unpaired) electrons. The van der Waals surface area contributed by atoms with Gasteiger partial charge in [0.25, 0.3) is 5.56 Å². The van der Waals surface area contributed by atoms with E-state index in [0.717, 1.165) is 0 Å². The molecule has 1 saturated heterocycles. The van der Waals surface area contributed by atoms with Crippen molar-refractivity contribution in [1.82, 2.24) is 14.5 Å². The minimum Gasteiger partial charge on any atom is -0.391 e. The van der Waals surface area contributed by atoms with E-state index in [4.69, 9.17) is 0 Å². The van der Waals surface area contributed by atoms with E-state index in [1.807, 2.05) is 6.07 Å². The molecule has 0 bridgehead atoms. The number of β-amino-alcohol motifs (C(OH)–C–C–N with tert-alkyl or cyclic N) is 1. The number of amides is 1. The monoisotopic (exact) mass is 287 g/mol. The number of para-hydroxylation sites is 1. The number of hydrogen-bond donors (Lipinski definition) is 1. The van der Waals surface area contributed by atoms with E-state index < -0.39 is 6.10 Å². The van der Waals surface area contributed by atoms with Gasteiger partial charge in [0.15, 0.2) is 0 Å². The van der Waals surface area contributed by atoms with Gasteiger partial charge in [0, 0.05) is 26.1 Å². The van der Waals surface area contributed by atoms with Crippen LogP contribution in [0.4, 0.5) is 0 Å². The first-order valence-corrected chi connectivity index (χ1v) is 7.05. The minimum absolute atomic E-state index is 0.0355. The summed E-state index contributed by atoms with van der Waals surface area (Å²) in [6, 6.07) is 7.16. The van der Waals surface area contributed by atoms with Crippen molar-refractivity contribution < 1.29 is 9.90 Å². The summed E-state index contributed by atoms with van der Waals surface area (Å²) in [5.41, 5.74) is 0.530. The standard InChI is InChI=1S/C15H17N3O3/c19-11-5-7-17(9-11)14(20)6-8-18-10-16-13-4-2-1-3-12(13)15(18)21/h1-4,10-11,19H,5-9H2/t11-/m1/s1. The van der Waals surface area contributed by atoms with Crippen molar-refractivity contribution >= 4 is 16.8 Å². The molecule has 2 aromatic rings. The zero-order chi connectivity index (χ0) is 14.8. The largest absolute Gasteiger partial charge is 0.391 e. The lowest BCUT2D eigenvalue weighted by atomic mass is 10.2. The molecule has 1 aliphatic heterocycles. The molecule has 110 valence electrons. The molecule has 1 aromatic heterocycles. The predicted octanol–water partition coefficient (Wildman–Crippen LogP) is 0.380. The summed E-state index contributed by atoms with van der Waals surface area (Å²) < 4.78 is 1.47. The molecule has 1 N–H and O–H groups in total. The van der Waals surface area contributed by atoms with Gasteiger partial charge in [-0.15, -0.1) is 0 Å². The van der Waals surface area contributed by atoms with Crippen molar-refractivity contribution in [1.29, 1.82) is 0 Å². The number of aryl methyl sites for hydroxylation is 1. The molecule has 0 spiro atoms. The fourth-order valence-electron chi connectivity index (χ4n) is 2.61. The van der Waals surface area contributed by atoms with Crippen LogP contribution in [-0.4, -0.2) is 44.7 Å². The van der Waals surface area contributed by atoms with Crippen LogP contribution in [0.1, 0.15) is 12.8 Å². The third-order valence-corrected chi connectivity index (χ3v) is 3.81. The molecular formula is C15H17N3O3. The van der Waals surface area contributed by atoms with Crippen LogP contribution in [0, 0.1) is 0 Å². The van der Waals surface area contributed by atoms with Gasteiger partial charge in [-0.1, -0.05) is 12.1 Å². The highest BCUT2D eigenvalue weighted by atomic mass is 16.3. The SMILES string of the molecule is O=C(CCn1cnc2ccccc2c1=O)N1CC[C@@H](O)C1. The zero-order valence-corrected chi connectivity index (χ0v) is 11.6. The van der Waals surface area contributed by atoms with E-state index >= 15 is 0 Å². The van der Waals surface area contributed by atoms with Crippen LogP contribution >= 0.6 is 0 Å². The summed E-state index contributed by atoms with van der Waals surface area (Å²) in [4.78, 5) is 30.2. The first kappa shape index (κ1) is 13.8. The fraction of sp³-hybridized carbons (Fsp3) is 0.400. The first-order valence-electron chi connectivity index (χ1n) is 7.05. The highest BCUT2D eigenvalue weighted by Gasteiger charge is 2.24. The Morgan fingerprint density at radius 2 is 2.19 bits per heavy atom. The number of carbonyl (C=O) groups excluding carboxylic acids is 1. The highest BCUT2D eigenvalue weighted by molar-refractivity contribution is 5.77. The van der Waals surface area contributed by atoms with Crippen molar-refractivity contribution in [2.75, 3.05) is 13.1 Å². The molecule has 1 atom stereocenters. The Kier molecular flexibility index (Phi) is 3.70. The second-order valence-electron chi connectivity index (χ2n) is 5.29. The predicted molar refractivity (Wildman–Crippen MR) is 77.8 cm³/mol. The Hall–Kier alpha value is -2.21. The quantitative estimate of drug-likeness (QED) is 0.885. The van der Waals surface area contributed by atoms with E-state index in [9.17, 15) is 14.7 Å². The summed E-state index contributed by atoms with van der Waals surface area (Å²) >= 11 is 0. The summed E-state index contributed by atoms with van der Waals surface area (Å²) in [5.74, 6) is -0.0355. The third-order valence-electron chi connectivity index (χ3n) is 3.81. The number of hydrogen-bond acceptors (Lipinski definition) is 4. The van der Waals surface area contributed by atoms with Crippen molar-refractivity contribution in [2.45, 2.75) is 25.5 Å². The van der Waals surface area contributed by atoms with Crippen LogP contribution in [0.25, 0.3) is 10.9 Å². The van der Waals surface area contributed by atoms with E-state index in [1.54, 1.807) is 23.1 Å². The van der Waals surface area contributed by atoms with Gasteiger partial charge in [0.05, 0.1) is 23.3 Å². The number of carbonyl (C=O) groups is 1. The molecule has 0 unspecified atom stereocenters. The molecule has 6 nitrogen and oxygen atoms in total. The average Bonchev–Trinajstić information content (AvgIpc) is 2.93. The minimum atomic E-state index is -0.418. The maximum absolute atomic E-state index is 12.3. The van der Waals surface area contributed by atoms with E-state index in [-0.39, 0.29) is 17.9 Å². The fourth-order valence-corrected chi connectivity index (χ4v) is 2.61.